The van der Waals surface area contributed by atoms with Crippen molar-refractivity contribution in [3.05, 3.63) is 89.0 Å². The van der Waals surface area contributed by atoms with Crippen molar-refractivity contribution in [3.8, 4) is 5.75 Å². The van der Waals surface area contributed by atoms with E-state index in [4.69, 9.17) is 4.74 Å². The predicted octanol–water partition coefficient (Wildman–Crippen LogP) is 4.27. The number of ether oxygens (including phenoxy) is 1. The maximum absolute atomic E-state index is 13.9. The number of carbonyl (C=O) groups is 1. The SMILES string of the molecule is Cc1cc(C)c(S(=O)(=O)N(CCc2ccccc2)CC(=O)N2CCOc3ccccc32)c(C)c1. The first-order valence-electron chi connectivity index (χ1n) is 11.4. The number of hydrogen-bond acceptors (Lipinski definition) is 4. The van der Waals surface area contributed by atoms with Gasteiger partial charge in [0.15, 0.2) is 0 Å². The van der Waals surface area contributed by atoms with E-state index in [9.17, 15) is 13.2 Å². The summed E-state index contributed by atoms with van der Waals surface area (Å²) < 4.78 is 34.8. The van der Waals surface area contributed by atoms with E-state index in [0.29, 0.717) is 42.1 Å². The highest BCUT2D eigenvalue weighted by Gasteiger charge is 2.32. The van der Waals surface area contributed by atoms with Crippen molar-refractivity contribution in [1.82, 2.24) is 4.31 Å². The number of benzene rings is 3. The highest BCUT2D eigenvalue weighted by Crippen LogP contribution is 2.32. The van der Waals surface area contributed by atoms with Crippen molar-refractivity contribution in [2.75, 3.05) is 31.1 Å². The number of carbonyl (C=O) groups excluding carboxylic acids is 1. The third-order valence-corrected chi connectivity index (χ3v) is 8.19. The Morgan fingerprint density at radius 3 is 2.32 bits per heavy atom. The fourth-order valence-electron chi connectivity index (χ4n) is 4.55. The van der Waals surface area contributed by atoms with Crippen LogP contribution in [0, 0.1) is 20.8 Å². The number of para-hydroxylation sites is 2. The number of sulfonamides is 1. The smallest absolute Gasteiger partial charge is 0.244 e. The number of fused-ring (bicyclic) bond motifs is 1. The van der Waals surface area contributed by atoms with Gasteiger partial charge in [-0.1, -0.05) is 60.2 Å². The quantitative estimate of drug-likeness (QED) is 0.509. The summed E-state index contributed by atoms with van der Waals surface area (Å²) in [4.78, 5) is 15.4. The summed E-state index contributed by atoms with van der Waals surface area (Å²) >= 11 is 0. The second-order valence-corrected chi connectivity index (χ2v) is 10.5. The second-order valence-electron chi connectivity index (χ2n) is 8.66. The number of aryl methyl sites for hydroxylation is 3. The molecule has 4 rings (SSSR count). The normalized spacial score (nSPS) is 13.5. The molecule has 0 atom stereocenters. The molecule has 7 heteroatoms. The van der Waals surface area contributed by atoms with Crippen LogP contribution in [0.3, 0.4) is 0 Å². The van der Waals surface area contributed by atoms with Crippen molar-refractivity contribution in [3.63, 3.8) is 0 Å². The number of amides is 1. The van der Waals surface area contributed by atoms with Gasteiger partial charge in [0.25, 0.3) is 0 Å². The van der Waals surface area contributed by atoms with Gasteiger partial charge >= 0.3 is 0 Å². The Bertz CT molecular complexity index is 1270. The Morgan fingerprint density at radius 2 is 1.62 bits per heavy atom. The van der Waals surface area contributed by atoms with Crippen LogP contribution in [-0.2, 0) is 21.2 Å². The Labute approximate surface area is 201 Å². The van der Waals surface area contributed by atoms with Gasteiger partial charge in [-0.25, -0.2) is 8.42 Å². The zero-order valence-electron chi connectivity index (χ0n) is 19.8. The van der Waals surface area contributed by atoms with Crippen LogP contribution in [-0.4, -0.2) is 44.9 Å². The van der Waals surface area contributed by atoms with Crippen molar-refractivity contribution in [2.24, 2.45) is 0 Å². The highest BCUT2D eigenvalue weighted by atomic mass is 32.2. The van der Waals surface area contributed by atoms with Crippen molar-refractivity contribution in [1.29, 1.82) is 0 Å². The van der Waals surface area contributed by atoms with E-state index in [1.165, 1.54) is 4.31 Å². The van der Waals surface area contributed by atoms with Crippen LogP contribution in [0.1, 0.15) is 22.3 Å². The van der Waals surface area contributed by atoms with E-state index < -0.39 is 10.0 Å². The Hall–Kier alpha value is -3.16. The summed E-state index contributed by atoms with van der Waals surface area (Å²) in [5.74, 6) is 0.362. The molecule has 3 aromatic rings. The number of nitrogens with zero attached hydrogens (tertiary/aromatic N) is 2. The molecule has 0 aromatic heterocycles. The minimum Gasteiger partial charge on any atom is -0.490 e. The number of hydrogen-bond donors (Lipinski definition) is 0. The molecule has 6 nitrogen and oxygen atoms in total. The van der Waals surface area contributed by atoms with E-state index in [0.717, 1.165) is 11.1 Å². The molecule has 0 radical (unpaired) electrons. The Morgan fingerprint density at radius 1 is 0.971 bits per heavy atom. The van der Waals surface area contributed by atoms with Crippen molar-refractivity contribution >= 4 is 21.6 Å². The van der Waals surface area contributed by atoms with Crippen LogP contribution in [0.25, 0.3) is 0 Å². The van der Waals surface area contributed by atoms with Gasteiger partial charge in [-0.05, 0) is 56.0 Å². The molecular weight excluding hydrogens is 448 g/mol. The van der Waals surface area contributed by atoms with E-state index >= 15 is 0 Å². The third-order valence-electron chi connectivity index (χ3n) is 6.04. The molecule has 0 unspecified atom stereocenters. The van der Waals surface area contributed by atoms with E-state index in [1.54, 1.807) is 4.90 Å². The number of rotatable bonds is 7. The molecule has 0 bridgehead atoms. The highest BCUT2D eigenvalue weighted by molar-refractivity contribution is 7.89. The first-order valence-corrected chi connectivity index (χ1v) is 12.9. The lowest BCUT2D eigenvalue weighted by atomic mass is 10.1. The summed E-state index contributed by atoms with van der Waals surface area (Å²) in [7, 11) is -3.91. The average molecular weight is 479 g/mol. The summed E-state index contributed by atoms with van der Waals surface area (Å²) in [5, 5.41) is 0. The first kappa shape index (κ1) is 24.0. The van der Waals surface area contributed by atoms with Crippen LogP contribution in [0.5, 0.6) is 5.75 Å². The van der Waals surface area contributed by atoms with Gasteiger partial charge in [0.1, 0.15) is 12.4 Å². The molecular formula is C27H30N2O4S. The van der Waals surface area contributed by atoms with Crippen molar-refractivity contribution < 1.29 is 17.9 Å². The molecule has 0 saturated heterocycles. The zero-order chi connectivity index (χ0) is 24.3. The molecule has 178 valence electrons. The largest absolute Gasteiger partial charge is 0.490 e. The summed E-state index contributed by atoms with van der Waals surface area (Å²) in [5.41, 5.74) is 4.06. The van der Waals surface area contributed by atoms with Crippen LogP contribution in [0.4, 0.5) is 5.69 Å². The van der Waals surface area contributed by atoms with Crippen LogP contribution in [0.15, 0.2) is 71.6 Å². The lowest BCUT2D eigenvalue weighted by Gasteiger charge is -2.32. The Kier molecular flexibility index (Phi) is 7.05. The molecule has 1 heterocycles. The van der Waals surface area contributed by atoms with Gasteiger partial charge in [-0.2, -0.15) is 4.31 Å². The lowest BCUT2D eigenvalue weighted by Crippen LogP contribution is -2.46. The molecule has 34 heavy (non-hydrogen) atoms. The molecule has 0 saturated carbocycles. The minimum absolute atomic E-state index is 0.205. The van der Waals surface area contributed by atoms with E-state index in [2.05, 4.69) is 0 Å². The van der Waals surface area contributed by atoms with Gasteiger partial charge in [-0.15, -0.1) is 0 Å². The molecule has 0 aliphatic carbocycles. The molecule has 0 fully saturated rings. The van der Waals surface area contributed by atoms with Gasteiger partial charge in [0.2, 0.25) is 15.9 Å². The van der Waals surface area contributed by atoms with Gasteiger partial charge in [-0.3, -0.25) is 4.79 Å². The summed E-state index contributed by atoms with van der Waals surface area (Å²) in [6, 6.07) is 20.8. The third kappa shape index (κ3) is 5.00. The number of anilines is 1. The molecule has 3 aromatic carbocycles. The predicted molar refractivity (Wildman–Crippen MR) is 134 cm³/mol. The average Bonchev–Trinajstić information content (AvgIpc) is 2.81. The van der Waals surface area contributed by atoms with Crippen LogP contribution < -0.4 is 9.64 Å². The van der Waals surface area contributed by atoms with Gasteiger partial charge < -0.3 is 9.64 Å². The second kappa shape index (κ2) is 9.99. The fraction of sp³-hybridized carbons (Fsp3) is 0.296. The molecule has 1 aliphatic heterocycles. The summed E-state index contributed by atoms with van der Waals surface area (Å²) in [6.07, 6.45) is 0.511. The van der Waals surface area contributed by atoms with Crippen LogP contribution in [0.2, 0.25) is 0 Å². The van der Waals surface area contributed by atoms with E-state index in [1.807, 2.05) is 87.5 Å². The topological polar surface area (TPSA) is 66.9 Å². The standard InChI is InChI=1S/C27H30N2O4S/c1-20-17-21(2)27(22(3)18-20)34(31,32)28(14-13-23-9-5-4-6-10-23)19-26(30)29-15-16-33-25-12-8-7-11-24(25)29/h4-12,17-18H,13-16,19H2,1-3H3. The van der Waals surface area contributed by atoms with Gasteiger partial charge in [0, 0.05) is 6.54 Å². The molecule has 1 aliphatic rings. The Balaban J connectivity index is 1.67. The van der Waals surface area contributed by atoms with E-state index in [-0.39, 0.29) is 23.9 Å². The molecule has 0 N–H and O–H groups in total. The monoisotopic (exact) mass is 478 g/mol. The van der Waals surface area contributed by atoms with Crippen molar-refractivity contribution in [2.45, 2.75) is 32.1 Å². The fourth-order valence-corrected chi connectivity index (χ4v) is 6.35. The summed E-state index contributed by atoms with van der Waals surface area (Å²) in [6.45, 7) is 6.28. The first-order chi connectivity index (χ1) is 16.3. The molecule has 1 amide bonds. The van der Waals surface area contributed by atoms with Crippen LogP contribution >= 0.6 is 0 Å². The lowest BCUT2D eigenvalue weighted by molar-refractivity contribution is -0.119. The van der Waals surface area contributed by atoms with Gasteiger partial charge in [0.05, 0.1) is 23.7 Å². The maximum Gasteiger partial charge on any atom is 0.244 e. The minimum atomic E-state index is -3.91. The maximum atomic E-state index is 13.9. The zero-order valence-corrected chi connectivity index (χ0v) is 20.6. The molecule has 0 spiro atoms.